The van der Waals surface area contributed by atoms with Gasteiger partial charge in [0.2, 0.25) is 0 Å². The van der Waals surface area contributed by atoms with E-state index in [2.05, 4.69) is 20.6 Å². The molecule has 3 heterocycles. The second-order valence-electron chi connectivity index (χ2n) is 5.01. The molecular formula is C16H12ClN5S. The first kappa shape index (κ1) is 14.2. The molecule has 4 rings (SSSR count). The zero-order valence-corrected chi connectivity index (χ0v) is 13.6. The molecule has 0 saturated heterocycles. The van der Waals surface area contributed by atoms with E-state index in [0.717, 1.165) is 33.4 Å². The van der Waals surface area contributed by atoms with Crippen LogP contribution in [0.4, 0.5) is 5.82 Å². The molecule has 5 nitrogen and oxygen atoms in total. The summed E-state index contributed by atoms with van der Waals surface area (Å²) in [5.41, 5.74) is 2.84. The molecule has 114 valence electrons. The molecular weight excluding hydrogens is 330 g/mol. The van der Waals surface area contributed by atoms with Gasteiger partial charge in [0.05, 0.1) is 0 Å². The zero-order valence-electron chi connectivity index (χ0n) is 12.0. The minimum atomic E-state index is 0.648. The van der Waals surface area contributed by atoms with Gasteiger partial charge in [-0.2, -0.15) is 15.9 Å². The normalized spacial score (nSPS) is 11.0. The van der Waals surface area contributed by atoms with E-state index >= 15 is 0 Å². The van der Waals surface area contributed by atoms with E-state index in [-0.39, 0.29) is 0 Å². The van der Waals surface area contributed by atoms with Crippen molar-refractivity contribution in [3.05, 3.63) is 63.8 Å². The van der Waals surface area contributed by atoms with Gasteiger partial charge in [0.15, 0.2) is 11.5 Å². The summed E-state index contributed by atoms with van der Waals surface area (Å²) in [5.74, 6) is 1.50. The molecule has 1 N–H and O–H groups in total. The fourth-order valence-corrected chi connectivity index (χ4v) is 3.14. The van der Waals surface area contributed by atoms with Crippen molar-refractivity contribution in [1.82, 2.24) is 19.8 Å². The fraction of sp³-hybridized carbons (Fsp3) is 0.0625. The molecule has 7 heteroatoms. The molecule has 0 unspecified atom stereocenters. The lowest BCUT2D eigenvalue weighted by Crippen LogP contribution is -2.04. The topological polar surface area (TPSA) is 55.1 Å². The number of thiophene rings is 1. The Bertz CT molecular complexity index is 948. The van der Waals surface area contributed by atoms with E-state index in [1.54, 1.807) is 15.9 Å². The molecule has 0 radical (unpaired) electrons. The van der Waals surface area contributed by atoms with E-state index in [4.69, 9.17) is 11.6 Å². The van der Waals surface area contributed by atoms with Crippen LogP contribution in [0.1, 0.15) is 5.56 Å². The summed E-state index contributed by atoms with van der Waals surface area (Å²) in [7, 11) is 0. The number of nitrogens with zero attached hydrogens (tertiary/aromatic N) is 4. The van der Waals surface area contributed by atoms with E-state index in [9.17, 15) is 0 Å². The molecule has 1 aromatic carbocycles. The van der Waals surface area contributed by atoms with Crippen LogP contribution in [0.25, 0.3) is 17.0 Å². The van der Waals surface area contributed by atoms with Gasteiger partial charge in [-0.3, -0.25) is 0 Å². The summed E-state index contributed by atoms with van der Waals surface area (Å²) in [6.07, 6.45) is 0. The molecule has 0 aliphatic heterocycles. The van der Waals surface area contributed by atoms with Crippen molar-refractivity contribution < 1.29 is 0 Å². The molecule has 23 heavy (non-hydrogen) atoms. The average molecular weight is 342 g/mol. The van der Waals surface area contributed by atoms with Crippen LogP contribution in [0.3, 0.4) is 0 Å². The first-order valence-corrected chi connectivity index (χ1v) is 8.35. The minimum absolute atomic E-state index is 0.648. The Morgan fingerprint density at radius 2 is 2.09 bits per heavy atom. The highest BCUT2D eigenvalue weighted by Gasteiger charge is 2.10. The van der Waals surface area contributed by atoms with Crippen molar-refractivity contribution in [1.29, 1.82) is 0 Å². The standard InChI is InChI=1S/C16H12ClN5S/c17-13-3-1-2-11(8-13)9-18-14-4-5-15-19-20-16(22(15)21-14)12-6-7-23-10-12/h1-8,10H,9H2,(H,18,21). The lowest BCUT2D eigenvalue weighted by atomic mass is 10.2. The quantitative estimate of drug-likeness (QED) is 0.606. The van der Waals surface area contributed by atoms with Gasteiger partial charge < -0.3 is 5.32 Å². The summed E-state index contributed by atoms with van der Waals surface area (Å²) in [4.78, 5) is 0. The monoisotopic (exact) mass is 341 g/mol. The van der Waals surface area contributed by atoms with Crippen LogP contribution >= 0.6 is 22.9 Å². The Balaban J connectivity index is 1.62. The third kappa shape index (κ3) is 2.91. The molecule has 0 spiro atoms. The van der Waals surface area contributed by atoms with Crippen molar-refractivity contribution in [3.8, 4) is 11.4 Å². The summed E-state index contributed by atoms with van der Waals surface area (Å²) >= 11 is 7.63. The second kappa shape index (κ2) is 5.98. The minimum Gasteiger partial charge on any atom is -0.365 e. The predicted octanol–water partition coefficient (Wildman–Crippen LogP) is 4.12. The molecule has 0 atom stereocenters. The molecule has 0 aliphatic rings. The summed E-state index contributed by atoms with van der Waals surface area (Å²) in [6, 6.07) is 13.6. The Kier molecular flexibility index (Phi) is 3.69. The van der Waals surface area contributed by atoms with Gasteiger partial charge in [0, 0.05) is 22.5 Å². The number of benzene rings is 1. The molecule has 4 aromatic rings. The van der Waals surface area contributed by atoms with Crippen LogP contribution < -0.4 is 5.32 Å². The summed E-state index contributed by atoms with van der Waals surface area (Å²) in [6.45, 7) is 0.648. The van der Waals surface area contributed by atoms with Gasteiger partial charge in [0.25, 0.3) is 0 Å². The highest BCUT2D eigenvalue weighted by molar-refractivity contribution is 7.08. The van der Waals surface area contributed by atoms with Gasteiger partial charge in [0.1, 0.15) is 5.82 Å². The number of nitrogens with one attached hydrogen (secondary N) is 1. The van der Waals surface area contributed by atoms with E-state index in [0.29, 0.717) is 6.54 Å². The van der Waals surface area contributed by atoms with Crippen LogP contribution in [0.2, 0.25) is 5.02 Å². The van der Waals surface area contributed by atoms with Gasteiger partial charge in [-0.1, -0.05) is 23.7 Å². The van der Waals surface area contributed by atoms with Gasteiger partial charge in [-0.25, -0.2) is 0 Å². The van der Waals surface area contributed by atoms with Gasteiger partial charge >= 0.3 is 0 Å². The van der Waals surface area contributed by atoms with Crippen LogP contribution in [0.5, 0.6) is 0 Å². The van der Waals surface area contributed by atoms with Crippen LogP contribution in [-0.4, -0.2) is 19.8 Å². The number of rotatable bonds is 4. The van der Waals surface area contributed by atoms with Crippen molar-refractivity contribution in [3.63, 3.8) is 0 Å². The van der Waals surface area contributed by atoms with Gasteiger partial charge in [-0.15, -0.1) is 15.3 Å². The molecule has 0 aliphatic carbocycles. The lowest BCUT2D eigenvalue weighted by Gasteiger charge is -2.06. The van der Waals surface area contributed by atoms with Crippen LogP contribution in [-0.2, 0) is 6.54 Å². The number of anilines is 1. The highest BCUT2D eigenvalue weighted by atomic mass is 35.5. The maximum atomic E-state index is 6.00. The van der Waals surface area contributed by atoms with E-state index in [1.165, 1.54) is 0 Å². The van der Waals surface area contributed by atoms with Crippen LogP contribution in [0, 0.1) is 0 Å². The van der Waals surface area contributed by atoms with Crippen molar-refractivity contribution in [2.45, 2.75) is 6.54 Å². The summed E-state index contributed by atoms with van der Waals surface area (Å²) in [5, 5.41) is 21.0. The smallest absolute Gasteiger partial charge is 0.186 e. The SMILES string of the molecule is Clc1cccc(CNc2ccc3nnc(-c4ccsc4)n3n2)c1. The van der Waals surface area contributed by atoms with Crippen molar-refractivity contribution in [2.75, 3.05) is 5.32 Å². The number of fused-ring (bicyclic) bond motifs is 1. The number of halogens is 1. The first-order chi connectivity index (χ1) is 11.3. The first-order valence-electron chi connectivity index (χ1n) is 7.03. The molecule has 0 saturated carbocycles. The number of aromatic nitrogens is 4. The Labute approximate surface area is 141 Å². The third-order valence-electron chi connectivity index (χ3n) is 3.40. The fourth-order valence-electron chi connectivity index (χ4n) is 2.29. The van der Waals surface area contributed by atoms with E-state index in [1.807, 2.05) is 53.2 Å². The van der Waals surface area contributed by atoms with Gasteiger partial charge in [-0.05, 0) is 41.3 Å². The second-order valence-corrected chi connectivity index (χ2v) is 6.22. The zero-order chi connectivity index (χ0) is 15.6. The Morgan fingerprint density at radius 1 is 1.13 bits per heavy atom. The lowest BCUT2D eigenvalue weighted by molar-refractivity contribution is 0.926. The van der Waals surface area contributed by atoms with E-state index < -0.39 is 0 Å². The third-order valence-corrected chi connectivity index (χ3v) is 4.32. The molecule has 3 aromatic heterocycles. The number of hydrogen-bond acceptors (Lipinski definition) is 5. The molecule has 0 bridgehead atoms. The number of hydrogen-bond donors (Lipinski definition) is 1. The molecule has 0 fully saturated rings. The van der Waals surface area contributed by atoms with Crippen molar-refractivity contribution in [2.24, 2.45) is 0 Å². The Hall–Kier alpha value is -2.44. The largest absolute Gasteiger partial charge is 0.365 e. The Morgan fingerprint density at radius 3 is 2.91 bits per heavy atom. The highest BCUT2D eigenvalue weighted by Crippen LogP contribution is 2.21. The maximum absolute atomic E-state index is 6.00. The molecule has 0 amide bonds. The average Bonchev–Trinajstić information content (AvgIpc) is 3.21. The predicted molar refractivity (Wildman–Crippen MR) is 92.9 cm³/mol. The summed E-state index contributed by atoms with van der Waals surface area (Å²) < 4.78 is 1.75. The van der Waals surface area contributed by atoms with Crippen molar-refractivity contribution >= 4 is 34.4 Å². The van der Waals surface area contributed by atoms with Crippen LogP contribution in [0.15, 0.2) is 53.2 Å². The maximum Gasteiger partial charge on any atom is 0.186 e.